The van der Waals surface area contributed by atoms with E-state index in [0.717, 1.165) is 30.1 Å². The third-order valence-corrected chi connectivity index (χ3v) is 6.18. The first-order valence-corrected chi connectivity index (χ1v) is 10.2. The highest BCUT2D eigenvalue weighted by atomic mass is 32.1. The van der Waals surface area contributed by atoms with Crippen LogP contribution in [0.4, 0.5) is 0 Å². The topological polar surface area (TPSA) is 41.1 Å². The number of nitrogens with one attached hydrogen (secondary N) is 1. The van der Waals surface area contributed by atoms with Crippen LogP contribution in [0.3, 0.4) is 0 Å². The molecule has 1 saturated heterocycles. The summed E-state index contributed by atoms with van der Waals surface area (Å²) in [6, 6.07) is 13.2. The Labute approximate surface area is 158 Å². The monoisotopic (exact) mass is 367 g/mol. The standard InChI is InChI=1S/C21H25N3OS/c1-25-18-10-8-16(9-11-18)21-17(14-22-23-21)15-24-12-4-2-3-6-19(24)20-7-5-13-26-20/h5,7-11,13-14,19H,2-4,6,12,15H2,1H3,(H,22,23)/t19-/m1/s1. The zero-order chi connectivity index (χ0) is 17.8. The van der Waals surface area contributed by atoms with Crippen LogP contribution in [0.2, 0.25) is 0 Å². The highest BCUT2D eigenvalue weighted by Gasteiger charge is 2.24. The smallest absolute Gasteiger partial charge is 0.118 e. The summed E-state index contributed by atoms with van der Waals surface area (Å²) >= 11 is 1.88. The first kappa shape index (κ1) is 17.3. The lowest BCUT2D eigenvalue weighted by atomic mass is 10.1. The van der Waals surface area contributed by atoms with Gasteiger partial charge in [-0.15, -0.1) is 11.3 Å². The van der Waals surface area contributed by atoms with Crippen LogP contribution in [-0.4, -0.2) is 28.8 Å². The molecule has 0 radical (unpaired) electrons. The normalized spacial score (nSPS) is 18.6. The van der Waals surface area contributed by atoms with E-state index in [-0.39, 0.29) is 0 Å². The Bertz CT molecular complexity index is 810. The lowest BCUT2D eigenvalue weighted by Crippen LogP contribution is -2.27. The van der Waals surface area contributed by atoms with Gasteiger partial charge in [0.15, 0.2) is 0 Å². The van der Waals surface area contributed by atoms with Crippen LogP contribution in [-0.2, 0) is 6.54 Å². The molecular weight excluding hydrogens is 342 g/mol. The van der Waals surface area contributed by atoms with Crippen LogP contribution >= 0.6 is 11.3 Å². The van der Waals surface area contributed by atoms with Gasteiger partial charge < -0.3 is 4.74 Å². The quantitative estimate of drug-likeness (QED) is 0.668. The van der Waals surface area contributed by atoms with Crippen molar-refractivity contribution in [2.45, 2.75) is 38.3 Å². The molecule has 0 aliphatic carbocycles. The Morgan fingerprint density at radius 3 is 2.85 bits per heavy atom. The van der Waals surface area contributed by atoms with Crippen molar-refractivity contribution >= 4 is 11.3 Å². The Hall–Kier alpha value is -2.11. The summed E-state index contributed by atoms with van der Waals surface area (Å²) in [6.45, 7) is 2.08. The Kier molecular flexibility index (Phi) is 5.37. The molecule has 2 aromatic heterocycles. The van der Waals surface area contributed by atoms with Crippen molar-refractivity contribution in [1.29, 1.82) is 0 Å². The van der Waals surface area contributed by atoms with Crippen LogP contribution in [0.25, 0.3) is 11.3 Å². The van der Waals surface area contributed by atoms with Crippen LogP contribution < -0.4 is 4.74 Å². The van der Waals surface area contributed by atoms with E-state index in [1.54, 1.807) is 7.11 Å². The molecule has 0 bridgehead atoms. The maximum Gasteiger partial charge on any atom is 0.118 e. The molecule has 26 heavy (non-hydrogen) atoms. The molecule has 1 atom stereocenters. The average Bonchev–Trinajstić information content (AvgIpc) is 3.31. The van der Waals surface area contributed by atoms with E-state index in [0.29, 0.717) is 6.04 Å². The molecule has 136 valence electrons. The summed E-state index contributed by atoms with van der Waals surface area (Å²) in [7, 11) is 1.70. The molecule has 1 aliphatic rings. The minimum Gasteiger partial charge on any atom is -0.497 e. The maximum atomic E-state index is 5.27. The van der Waals surface area contributed by atoms with Gasteiger partial charge in [-0.2, -0.15) is 5.10 Å². The molecule has 4 rings (SSSR count). The second-order valence-electron chi connectivity index (χ2n) is 6.85. The maximum absolute atomic E-state index is 5.27. The van der Waals surface area contributed by atoms with E-state index in [9.17, 15) is 0 Å². The highest BCUT2D eigenvalue weighted by molar-refractivity contribution is 7.10. The number of aromatic amines is 1. The first-order chi connectivity index (χ1) is 12.8. The number of ether oxygens (including phenoxy) is 1. The lowest BCUT2D eigenvalue weighted by Gasteiger charge is -2.29. The fourth-order valence-electron chi connectivity index (χ4n) is 3.82. The molecule has 0 saturated carbocycles. The number of thiophene rings is 1. The SMILES string of the molecule is COc1ccc(-c2[nH]ncc2CN2CCCCC[C@@H]2c2cccs2)cc1. The van der Waals surface area contributed by atoms with Crippen molar-refractivity contribution in [2.24, 2.45) is 0 Å². The van der Waals surface area contributed by atoms with Gasteiger partial charge in [0, 0.05) is 28.6 Å². The molecule has 3 aromatic rings. The van der Waals surface area contributed by atoms with Gasteiger partial charge >= 0.3 is 0 Å². The van der Waals surface area contributed by atoms with Gasteiger partial charge in [-0.3, -0.25) is 10.00 Å². The molecule has 3 heterocycles. The zero-order valence-electron chi connectivity index (χ0n) is 15.1. The average molecular weight is 368 g/mol. The Morgan fingerprint density at radius 2 is 2.08 bits per heavy atom. The second-order valence-corrected chi connectivity index (χ2v) is 7.83. The van der Waals surface area contributed by atoms with Crippen molar-refractivity contribution < 1.29 is 4.74 Å². The number of benzene rings is 1. The number of hydrogen-bond donors (Lipinski definition) is 1. The number of nitrogens with zero attached hydrogens (tertiary/aromatic N) is 2. The predicted molar refractivity (Wildman–Crippen MR) is 107 cm³/mol. The first-order valence-electron chi connectivity index (χ1n) is 9.29. The lowest BCUT2D eigenvalue weighted by molar-refractivity contribution is 0.195. The number of rotatable bonds is 5. The Balaban J connectivity index is 1.58. The minimum atomic E-state index is 0.524. The molecule has 0 spiro atoms. The molecular formula is C21H25N3OS. The zero-order valence-corrected chi connectivity index (χ0v) is 16.0. The fraction of sp³-hybridized carbons (Fsp3) is 0.381. The van der Waals surface area contributed by atoms with Gasteiger partial charge in [-0.05, 0) is 55.1 Å². The summed E-state index contributed by atoms with van der Waals surface area (Å²) in [5.41, 5.74) is 3.53. The van der Waals surface area contributed by atoms with Crippen molar-refractivity contribution in [3.8, 4) is 17.0 Å². The predicted octanol–water partition coefficient (Wildman–Crippen LogP) is 5.26. The van der Waals surface area contributed by atoms with Crippen molar-refractivity contribution in [1.82, 2.24) is 15.1 Å². The van der Waals surface area contributed by atoms with Crippen LogP contribution in [0.15, 0.2) is 48.0 Å². The number of likely N-dealkylation sites (tertiary alicyclic amines) is 1. The van der Waals surface area contributed by atoms with Gasteiger partial charge in [0.2, 0.25) is 0 Å². The van der Waals surface area contributed by atoms with Gasteiger partial charge in [0.05, 0.1) is 19.0 Å². The van der Waals surface area contributed by atoms with Gasteiger partial charge in [0.25, 0.3) is 0 Å². The summed E-state index contributed by atoms with van der Waals surface area (Å²) in [5.74, 6) is 0.875. The molecule has 1 N–H and O–H groups in total. The number of methoxy groups -OCH3 is 1. The van der Waals surface area contributed by atoms with E-state index in [1.807, 2.05) is 29.7 Å². The Morgan fingerprint density at radius 1 is 1.19 bits per heavy atom. The van der Waals surface area contributed by atoms with Crippen molar-refractivity contribution in [3.63, 3.8) is 0 Å². The molecule has 0 amide bonds. The molecule has 1 aliphatic heterocycles. The van der Waals surface area contributed by atoms with Gasteiger partial charge in [0.1, 0.15) is 5.75 Å². The molecule has 1 aromatic carbocycles. The second kappa shape index (κ2) is 8.06. The van der Waals surface area contributed by atoms with E-state index in [1.165, 1.54) is 36.1 Å². The molecule has 0 unspecified atom stereocenters. The summed E-state index contributed by atoms with van der Waals surface area (Å²) in [6.07, 6.45) is 7.15. The molecule has 4 nitrogen and oxygen atoms in total. The molecule has 1 fully saturated rings. The van der Waals surface area contributed by atoms with Gasteiger partial charge in [-0.1, -0.05) is 18.9 Å². The van der Waals surface area contributed by atoms with Crippen molar-refractivity contribution in [2.75, 3.05) is 13.7 Å². The van der Waals surface area contributed by atoms with Gasteiger partial charge in [-0.25, -0.2) is 0 Å². The largest absolute Gasteiger partial charge is 0.497 e. The molecule has 5 heteroatoms. The van der Waals surface area contributed by atoms with Crippen molar-refractivity contribution in [3.05, 3.63) is 58.4 Å². The summed E-state index contributed by atoms with van der Waals surface area (Å²) < 4.78 is 5.27. The van der Waals surface area contributed by atoms with Crippen LogP contribution in [0.1, 0.15) is 42.2 Å². The van der Waals surface area contributed by atoms with E-state index >= 15 is 0 Å². The van der Waals surface area contributed by atoms with Crippen LogP contribution in [0.5, 0.6) is 5.75 Å². The number of hydrogen-bond acceptors (Lipinski definition) is 4. The van der Waals surface area contributed by atoms with E-state index in [4.69, 9.17) is 4.74 Å². The van der Waals surface area contributed by atoms with E-state index in [2.05, 4.69) is 44.7 Å². The highest BCUT2D eigenvalue weighted by Crippen LogP contribution is 2.35. The third-order valence-electron chi connectivity index (χ3n) is 5.21. The minimum absolute atomic E-state index is 0.524. The summed E-state index contributed by atoms with van der Waals surface area (Å²) in [5, 5.41) is 9.73. The van der Waals surface area contributed by atoms with E-state index < -0.39 is 0 Å². The number of aromatic nitrogens is 2. The fourth-order valence-corrected chi connectivity index (χ4v) is 4.71. The third kappa shape index (κ3) is 3.69. The van der Waals surface area contributed by atoms with Crippen LogP contribution in [0, 0.1) is 0 Å². The number of H-pyrrole nitrogens is 1. The summed E-state index contributed by atoms with van der Waals surface area (Å²) in [4.78, 5) is 4.12.